The molecule has 0 amide bonds. The maximum atomic E-state index is 10.1. The van der Waals surface area contributed by atoms with Crippen molar-refractivity contribution in [3.8, 4) is 5.75 Å². The Labute approximate surface area is 115 Å². The minimum atomic E-state index is 0.241. The van der Waals surface area contributed by atoms with E-state index in [-0.39, 0.29) is 5.92 Å². The van der Waals surface area contributed by atoms with Crippen LogP contribution in [0.15, 0.2) is 54.6 Å². The van der Waals surface area contributed by atoms with Crippen molar-refractivity contribution in [2.75, 3.05) is 20.6 Å². The summed E-state index contributed by atoms with van der Waals surface area (Å²) in [6, 6.07) is 18.0. The molecule has 0 saturated carbocycles. The Morgan fingerprint density at radius 1 is 0.947 bits per heavy atom. The summed E-state index contributed by atoms with van der Waals surface area (Å²) in [7, 11) is 4.15. The largest absolute Gasteiger partial charge is 0.508 e. The van der Waals surface area contributed by atoms with Gasteiger partial charge in [-0.15, -0.1) is 0 Å². The number of hydrogen-bond donors (Lipinski definition) is 1. The highest BCUT2D eigenvalue weighted by atomic mass is 16.3. The third kappa shape index (κ3) is 3.58. The van der Waals surface area contributed by atoms with Gasteiger partial charge in [-0.25, -0.2) is 0 Å². The summed E-state index contributed by atoms with van der Waals surface area (Å²) in [4.78, 5) is 2.18. The third-order valence-corrected chi connectivity index (χ3v) is 3.38. The molecule has 100 valence electrons. The molecule has 1 N–H and O–H groups in total. The number of nitrogens with zero attached hydrogens (tertiary/aromatic N) is 1. The molecule has 0 aliphatic heterocycles. The van der Waals surface area contributed by atoms with Gasteiger partial charge in [-0.2, -0.15) is 0 Å². The second kappa shape index (κ2) is 6.39. The van der Waals surface area contributed by atoms with E-state index in [0.717, 1.165) is 18.5 Å². The Hall–Kier alpha value is -1.80. The molecule has 0 aliphatic carbocycles. The van der Waals surface area contributed by atoms with Crippen LogP contribution in [0.5, 0.6) is 5.75 Å². The first-order valence-electron chi connectivity index (χ1n) is 6.66. The number of phenolic OH excluding ortho intramolecular Hbond substituents is 1. The topological polar surface area (TPSA) is 23.5 Å². The predicted molar refractivity (Wildman–Crippen MR) is 79.6 cm³/mol. The van der Waals surface area contributed by atoms with Gasteiger partial charge in [-0.3, -0.25) is 0 Å². The van der Waals surface area contributed by atoms with E-state index in [2.05, 4.69) is 43.3 Å². The number of hydrogen-bond acceptors (Lipinski definition) is 2. The molecule has 2 aromatic carbocycles. The molecule has 0 fully saturated rings. The lowest BCUT2D eigenvalue weighted by molar-refractivity contribution is 0.386. The van der Waals surface area contributed by atoms with E-state index in [1.54, 1.807) is 6.07 Å². The number of phenols is 1. The van der Waals surface area contributed by atoms with Gasteiger partial charge in [0.05, 0.1) is 0 Å². The first-order valence-corrected chi connectivity index (χ1v) is 6.66. The minimum absolute atomic E-state index is 0.241. The van der Waals surface area contributed by atoms with Gasteiger partial charge in [0.15, 0.2) is 0 Å². The molecule has 2 aromatic rings. The van der Waals surface area contributed by atoms with Crippen LogP contribution in [0.4, 0.5) is 0 Å². The molecule has 0 unspecified atom stereocenters. The standard InChI is InChI=1S/C17H21NO/c1-18(2)13-12-15(14-8-4-3-5-9-14)16-10-6-7-11-17(16)19/h3-11,15,19H,12-13H2,1-2H3/t15-/m1/s1. The van der Waals surface area contributed by atoms with E-state index in [9.17, 15) is 5.11 Å². The van der Waals surface area contributed by atoms with Crippen LogP contribution in [-0.4, -0.2) is 30.6 Å². The average Bonchev–Trinajstić information content (AvgIpc) is 2.42. The van der Waals surface area contributed by atoms with Crippen molar-refractivity contribution in [3.63, 3.8) is 0 Å². The molecule has 0 bridgehead atoms. The van der Waals surface area contributed by atoms with Gasteiger partial charge < -0.3 is 10.0 Å². The summed E-state index contributed by atoms with van der Waals surface area (Å²) in [5.41, 5.74) is 2.27. The van der Waals surface area contributed by atoms with Gasteiger partial charge in [0.2, 0.25) is 0 Å². The number of rotatable bonds is 5. The lowest BCUT2D eigenvalue weighted by Crippen LogP contribution is -2.16. The Bertz CT molecular complexity index is 508. The fourth-order valence-electron chi connectivity index (χ4n) is 2.36. The van der Waals surface area contributed by atoms with Crippen LogP contribution in [0.3, 0.4) is 0 Å². The van der Waals surface area contributed by atoms with Crippen LogP contribution in [0.2, 0.25) is 0 Å². The van der Waals surface area contributed by atoms with E-state index in [1.165, 1.54) is 5.56 Å². The lowest BCUT2D eigenvalue weighted by atomic mass is 9.88. The molecular formula is C17H21NO. The van der Waals surface area contributed by atoms with Gasteiger partial charge in [-0.1, -0.05) is 48.5 Å². The zero-order valence-corrected chi connectivity index (χ0v) is 11.6. The molecule has 0 aromatic heterocycles. The molecule has 1 atom stereocenters. The van der Waals surface area contributed by atoms with Gasteiger partial charge in [-0.05, 0) is 38.7 Å². The van der Waals surface area contributed by atoms with E-state index in [4.69, 9.17) is 0 Å². The lowest BCUT2D eigenvalue weighted by Gasteiger charge is -2.21. The molecule has 19 heavy (non-hydrogen) atoms. The predicted octanol–water partition coefficient (Wildman–Crippen LogP) is 3.48. The van der Waals surface area contributed by atoms with Crippen molar-refractivity contribution in [2.24, 2.45) is 0 Å². The summed E-state index contributed by atoms with van der Waals surface area (Å²) >= 11 is 0. The van der Waals surface area contributed by atoms with Crippen molar-refractivity contribution in [1.82, 2.24) is 4.90 Å². The average molecular weight is 255 g/mol. The summed E-state index contributed by atoms with van der Waals surface area (Å²) in [6.45, 7) is 0.994. The van der Waals surface area contributed by atoms with E-state index >= 15 is 0 Å². The monoisotopic (exact) mass is 255 g/mol. The Morgan fingerprint density at radius 2 is 1.58 bits per heavy atom. The maximum Gasteiger partial charge on any atom is 0.119 e. The van der Waals surface area contributed by atoms with Crippen LogP contribution >= 0.6 is 0 Å². The van der Waals surface area contributed by atoms with Gasteiger partial charge in [0, 0.05) is 11.5 Å². The van der Waals surface area contributed by atoms with Crippen molar-refractivity contribution >= 4 is 0 Å². The smallest absolute Gasteiger partial charge is 0.119 e. The molecule has 2 nitrogen and oxygen atoms in total. The molecule has 0 spiro atoms. The number of benzene rings is 2. The van der Waals surface area contributed by atoms with Gasteiger partial charge >= 0.3 is 0 Å². The Kier molecular flexibility index (Phi) is 4.58. The quantitative estimate of drug-likeness (QED) is 0.884. The molecule has 0 aliphatic rings. The highest BCUT2D eigenvalue weighted by Gasteiger charge is 2.17. The highest BCUT2D eigenvalue weighted by molar-refractivity contribution is 5.41. The van der Waals surface area contributed by atoms with E-state index in [1.807, 2.05) is 24.3 Å². The summed E-state index contributed by atoms with van der Waals surface area (Å²) in [5, 5.41) is 10.1. The Balaban J connectivity index is 2.32. The molecule has 0 heterocycles. The number of para-hydroxylation sites is 1. The fraction of sp³-hybridized carbons (Fsp3) is 0.294. The van der Waals surface area contributed by atoms with Crippen LogP contribution in [0.25, 0.3) is 0 Å². The van der Waals surface area contributed by atoms with E-state index in [0.29, 0.717) is 5.75 Å². The first-order chi connectivity index (χ1) is 9.18. The molecule has 0 saturated heterocycles. The highest BCUT2D eigenvalue weighted by Crippen LogP contribution is 2.33. The molecule has 2 heteroatoms. The van der Waals surface area contributed by atoms with Crippen molar-refractivity contribution in [1.29, 1.82) is 0 Å². The van der Waals surface area contributed by atoms with Crippen LogP contribution in [-0.2, 0) is 0 Å². The zero-order chi connectivity index (χ0) is 13.7. The Morgan fingerprint density at radius 3 is 2.21 bits per heavy atom. The van der Waals surface area contributed by atoms with Crippen molar-refractivity contribution in [3.05, 3.63) is 65.7 Å². The minimum Gasteiger partial charge on any atom is -0.508 e. The zero-order valence-electron chi connectivity index (χ0n) is 11.6. The summed E-state index contributed by atoms with van der Waals surface area (Å²) < 4.78 is 0. The first kappa shape index (κ1) is 13.6. The van der Waals surface area contributed by atoms with Gasteiger partial charge in [0.1, 0.15) is 5.75 Å². The fourth-order valence-corrected chi connectivity index (χ4v) is 2.36. The summed E-state index contributed by atoms with van der Waals surface area (Å²) in [6.07, 6.45) is 0.995. The molecule has 0 radical (unpaired) electrons. The SMILES string of the molecule is CN(C)CC[C@H](c1ccccc1)c1ccccc1O. The van der Waals surface area contributed by atoms with E-state index < -0.39 is 0 Å². The second-order valence-corrected chi connectivity index (χ2v) is 5.11. The van der Waals surface area contributed by atoms with Crippen LogP contribution in [0, 0.1) is 0 Å². The van der Waals surface area contributed by atoms with Crippen molar-refractivity contribution < 1.29 is 5.11 Å². The molecular weight excluding hydrogens is 234 g/mol. The second-order valence-electron chi connectivity index (χ2n) is 5.11. The normalized spacial score (nSPS) is 12.6. The van der Waals surface area contributed by atoms with Crippen LogP contribution < -0.4 is 0 Å². The van der Waals surface area contributed by atoms with Gasteiger partial charge in [0.25, 0.3) is 0 Å². The maximum absolute atomic E-state index is 10.1. The third-order valence-electron chi connectivity index (χ3n) is 3.38. The number of aromatic hydroxyl groups is 1. The molecule has 2 rings (SSSR count). The van der Waals surface area contributed by atoms with Crippen molar-refractivity contribution in [2.45, 2.75) is 12.3 Å². The van der Waals surface area contributed by atoms with Crippen LogP contribution in [0.1, 0.15) is 23.5 Å². The summed E-state index contributed by atoms with van der Waals surface area (Å²) in [5.74, 6) is 0.625.